The number of nitrogens with zero attached hydrogens (tertiary/aromatic N) is 4. The van der Waals surface area contributed by atoms with Gasteiger partial charge in [-0.15, -0.1) is 11.3 Å². The molecule has 0 saturated heterocycles. The first kappa shape index (κ1) is 11.1. The zero-order valence-corrected chi connectivity index (χ0v) is 11.5. The molecule has 98 valence electrons. The van der Waals surface area contributed by atoms with Gasteiger partial charge in [0.05, 0.1) is 16.1 Å². The van der Waals surface area contributed by atoms with Gasteiger partial charge in [0, 0.05) is 12.4 Å². The Bertz CT molecular complexity index is 745. The van der Waals surface area contributed by atoms with Crippen molar-refractivity contribution in [2.75, 3.05) is 0 Å². The molecule has 3 aromatic heterocycles. The molecule has 0 amide bonds. The van der Waals surface area contributed by atoms with E-state index < -0.39 is 0 Å². The van der Waals surface area contributed by atoms with Gasteiger partial charge in [0.15, 0.2) is 5.82 Å². The highest BCUT2D eigenvalue weighted by molar-refractivity contribution is 7.21. The summed E-state index contributed by atoms with van der Waals surface area (Å²) in [6, 6.07) is 2.05. The molecular formula is C12H13N5OS. The van der Waals surface area contributed by atoms with E-state index in [1.807, 2.05) is 18.7 Å². The highest BCUT2D eigenvalue weighted by Crippen LogP contribution is 2.42. The molecule has 0 radical (unpaired) electrons. The summed E-state index contributed by atoms with van der Waals surface area (Å²) in [4.78, 5) is 6.51. The number of fused-ring (bicyclic) bond motifs is 1. The molecule has 19 heavy (non-hydrogen) atoms. The highest BCUT2D eigenvalue weighted by atomic mass is 32.1. The SMILES string of the molecule is Cc1nn(C)c2sc(-c3nc(C4(N)CC4)no3)cc12. The molecule has 2 N–H and O–H groups in total. The minimum absolute atomic E-state index is 0.351. The topological polar surface area (TPSA) is 82.8 Å². The predicted octanol–water partition coefficient (Wildman–Crippen LogP) is 1.94. The molecular weight excluding hydrogens is 262 g/mol. The van der Waals surface area contributed by atoms with Crippen molar-refractivity contribution in [3.63, 3.8) is 0 Å². The van der Waals surface area contributed by atoms with Crippen molar-refractivity contribution < 1.29 is 4.52 Å². The van der Waals surface area contributed by atoms with E-state index in [-0.39, 0.29) is 5.54 Å². The fourth-order valence-corrected chi connectivity index (χ4v) is 3.24. The van der Waals surface area contributed by atoms with Crippen molar-refractivity contribution in [3.8, 4) is 10.8 Å². The van der Waals surface area contributed by atoms with Crippen molar-refractivity contribution in [2.24, 2.45) is 12.8 Å². The molecule has 7 heteroatoms. The molecule has 0 aromatic carbocycles. The third-order valence-corrected chi connectivity index (χ3v) is 4.76. The summed E-state index contributed by atoms with van der Waals surface area (Å²) in [7, 11) is 1.94. The van der Waals surface area contributed by atoms with Gasteiger partial charge < -0.3 is 10.3 Å². The summed E-state index contributed by atoms with van der Waals surface area (Å²) < 4.78 is 7.21. The lowest BCUT2D eigenvalue weighted by molar-refractivity contribution is 0.415. The van der Waals surface area contributed by atoms with E-state index in [0.29, 0.717) is 11.7 Å². The fourth-order valence-electron chi connectivity index (χ4n) is 2.19. The number of aryl methyl sites for hydroxylation is 2. The van der Waals surface area contributed by atoms with E-state index >= 15 is 0 Å². The van der Waals surface area contributed by atoms with Gasteiger partial charge in [-0.3, -0.25) is 4.68 Å². The van der Waals surface area contributed by atoms with Crippen LogP contribution >= 0.6 is 11.3 Å². The second-order valence-corrected chi connectivity index (χ2v) is 6.15. The van der Waals surface area contributed by atoms with Crippen molar-refractivity contribution in [1.82, 2.24) is 19.9 Å². The first-order chi connectivity index (χ1) is 9.07. The van der Waals surface area contributed by atoms with E-state index in [1.54, 1.807) is 11.3 Å². The van der Waals surface area contributed by atoms with Crippen molar-refractivity contribution >= 4 is 21.6 Å². The maximum atomic E-state index is 6.07. The van der Waals surface area contributed by atoms with Crippen LogP contribution in [0.1, 0.15) is 24.4 Å². The minimum Gasteiger partial charge on any atom is -0.333 e. The van der Waals surface area contributed by atoms with Crippen LogP contribution in [0.25, 0.3) is 21.0 Å². The summed E-state index contributed by atoms with van der Waals surface area (Å²) in [6.07, 6.45) is 1.86. The van der Waals surface area contributed by atoms with Crippen LogP contribution in [0.5, 0.6) is 0 Å². The van der Waals surface area contributed by atoms with Crippen LogP contribution in [0.15, 0.2) is 10.6 Å². The molecule has 4 rings (SSSR count). The Morgan fingerprint density at radius 1 is 1.47 bits per heavy atom. The van der Waals surface area contributed by atoms with Crippen molar-refractivity contribution in [2.45, 2.75) is 25.3 Å². The maximum absolute atomic E-state index is 6.07. The number of nitrogens with two attached hydrogens (primary N) is 1. The highest BCUT2D eigenvalue weighted by Gasteiger charge is 2.44. The minimum atomic E-state index is -0.351. The van der Waals surface area contributed by atoms with E-state index in [0.717, 1.165) is 33.6 Å². The van der Waals surface area contributed by atoms with Crippen LogP contribution in [-0.2, 0) is 12.6 Å². The van der Waals surface area contributed by atoms with E-state index in [1.165, 1.54) is 0 Å². The van der Waals surface area contributed by atoms with Crippen molar-refractivity contribution in [1.29, 1.82) is 0 Å². The van der Waals surface area contributed by atoms with Crippen LogP contribution in [-0.4, -0.2) is 19.9 Å². The zero-order valence-electron chi connectivity index (χ0n) is 10.7. The molecule has 3 heterocycles. The van der Waals surface area contributed by atoms with Gasteiger partial charge in [-0.05, 0) is 25.8 Å². The lowest BCUT2D eigenvalue weighted by Crippen LogP contribution is -2.20. The van der Waals surface area contributed by atoms with Crippen LogP contribution < -0.4 is 5.73 Å². The number of hydrogen-bond donors (Lipinski definition) is 1. The van der Waals surface area contributed by atoms with Gasteiger partial charge >= 0.3 is 0 Å². The zero-order chi connectivity index (χ0) is 13.2. The summed E-state index contributed by atoms with van der Waals surface area (Å²) in [5.41, 5.74) is 6.73. The Labute approximate surface area is 113 Å². The fraction of sp³-hybridized carbons (Fsp3) is 0.417. The molecule has 6 nitrogen and oxygen atoms in total. The average molecular weight is 275 g/mol. The van der Waals surface area contributed by atoms with E-state index in [2.05, 4.69) is 21.3 Å². The average Bonchev–Trinajstić information content (AvgIpc) is 2.84. The predicted molar refractivity (Wildman–Crippen MR) is 71.7 cm³/mol. The molecule has 0 bridgehead atoms. The summed E-state index contributed by atoms with van der Waals surface area (Å²) in [6.45, 7) is 2.00. The lowest BCUT2D eigenvalue weighted by Gasteiger charge is -1.97. The number of aromatic nitrogens is 4. The summed E-state index contributed by atoms with van der Waals surface area (Å²) >= 11 is 1.61. The number of thiophene rings is 1. The molecule has 0 atom stereocenters. The lowest BCUT2D eigenvalue weighted by atomic mass is 10.3. The first-order valence-electron chi connectivity index (χ1n) is 6.13. The Morgan fingerprint density at radius 3 is 2.95 bits per heavy atom. The normalized spacial score (nSPS) is 17.2. The molecule has 1 aliphatic carbocycles. The molecule has 1 saturated carbocycles. The molecule has 1 aliphatic rings. The molecule has 0 spiro atoms. The van der Waals surface area contributed by atoms with Gasteiger partial charge in [0.1, 0.15) is 4.83 Å². The largest absolute Gasteiger partial charge is 0.333 e. The summed E-state index contributed by atoms with van der Waals surface area (Å²) in [5.74, 6) is 1.17. The second-order valence-electron chi connectivity index (χ2n) is 5.12. The summed E-state index contributed by atoms with van der Waals surface area (Å²) in [5, 5.41) is 9.51. The molecule has 0 aliphatic heterocycles. The van der Waals surface area contributed by atoms with Crippen LogP contribution in [0.4, 0.5) is 0 Å². The number of hydrogen-bond acceptors (Lipinski definition) is 6. The van der Waals surface area contributed by atoms with Gasteiger partial charge in [-0.2, -0.15) is 10.1 Å². The Balaban J connectivity index is 1.81. The Morgan fingerprint density at radius 2 is 2.26 bits per heavy atom. The molecule has 1 fully saturated rings. The van der Waals surface area contributed by atoms with Crippen LogP contribution in [0.2, 0.25) is 0 Å². The van der Waals surface area contributed by atoms with Gasteiger partial charge in [0.2, 0.25) is 0 Å². The molecule has 3 aromatic rings. The smallest absolute Gasteiger partial charge is 0.268 e. The first-order valence-corrected chi connectivity index (χ1v) is 6.95. The monoisotopic (exact) mass is 275 g/mol. The third kappa shape index (κ3) is 1.55. The van der Waals surface area contributed by atoms with E-state index in [4.69, 9.17) is 10.3 Å². The van der Waals surface area contributed by atoms with Crippen LogP contribution in [0.3, 0.4) is 0 Å². The third-order valence-electron chi connectivity index (χ3n) is 3.57. The van der Waals surface area contributed by atoms with Gasteiger partial charge in [-0.25, -0.2) is 0 Å². The van der Waals surface area contributed by atoms with Crippen LogP contribution in [0, 0.1) is 6.92 Å². The molecule has 0 unspecified atom stereocenters. The Hall–Kier alpha value is -1.73. The number of rotatable bonds is 2. The quantitative estimate of drug-likeness (QED) is 0.772. The van der Waals surface area contributed by atoms with Crippen molar-refractivity contribution in [3.05, 3.63) is 17.6 Å². The van der Waals surface area contributed by atoms with Gasteiger partial charge in [0.25, 0.3) is 5.89 Å². The van der Waals surface area contributed by atoms with Gasteiger partial charge in [-0.1, -0.05) is 5.16 Å². The van der Waals surface area contributed by atoms with E-state index in [9.17, 15) is 0 Å². The maximum Gasteiger partial charge on any atom is 0.268 e. The Kier molecular flexibility index (Phi) is 2.01. The standard InChI is InChI=1S/C12H13N5OS/c1-6-7-5-8(19-10(7)17(2)15-6)9-14-11(16-18-9)12(13)3-4-12/h5H,3-4,13H2,1-2H3. The second kappa shape index (κ2) is 3.43.